The van der Waals surface area contributed by atoms with Gasteiger partial charge in [-0.25, -0.2) is 4.79 Å². The topological polar surface area (TPSA) is 92.1 Å². The highest BCUT2D eigenvalue weighted by Crippen LogP contribution is 2.17. The zero-order chi connectivity index (χ0) is 19.3. The van der Waals surface area contributed by atoms with Crippen LogP contribution >= 0.6 is 15.9 Å². The maximum Gasteiger partial charge on any atom is 0.408 e. The van der Waals surface area contributed by atoms with Gasteiger partial charge in [0.1, 0.15) is 12.1 Å². The first-order chi connectivity index (χ1) is 12.2. The number of alkyl carbamates (subject to hydrolysis) is 1. The van der Waals surface area contributed by atoms with Crippen molar-refractivity contribution < 1.29 is 23.5 Å². The van der Waals surface area contributed by atoms with Crippen LogP contribution in [-0.2, 0) is 9.53 Å². The van der Waals surface area contributed by atoms with E-state index >= 15 is 0 Å². The van der Waals surface area contributed by atoms with E-state index in [0.717, 1.165) is 0 Å². The maximum atomic E-state index is 12.4. The predicted octanol–water partition coefficient (Wildman–Crippen LogP) is 2.24. The molecule has 1 saturated heterocycles. The molecule has 1 N–H and O–H groups in total. The van der Waals surface area contributed by atoms with Gasteiger partial charge in [0.05, 0.1) is 0 Å². The lowest BCUT2D eigenvalue weighted by Gasteiger charge is -2.23. The van der Waals surface area contributed by atoms with Crippen LogP contribution < -0.4 is 5.32 Å². The Morgan fingerprint density at radius 1 is 1.15 bits per heavy atom. The Morgan fingerprint density at radius 3 is 2.42 bits per heavy atom. The van der Waals surface area contributed by atoms with E-state index in [1.807, 2.05) is 0 Å². The molecular weight excluding hydrogens is 406 g/mol. The van der Waals surface area contributed by atoms with Crippen LogP contribution in [0.5, 0.6) is 0 Å². The molecule has 1 fully saturated rings. The number of nitrogens with one attached hydrogen (secondary N) is 1. The molecule has 1 aliphatic rings. The molecule has 26 heavy (non-hydrogen) atoms. The summed E-state index contributed by atoms with van der Waals surface area (Å²) in [4.78, 5) is 39.7. The standard InChI is InChI=1S/C17H24BrN3O5/c1-17(2,3)26-16(24)19-11-14(22)20-7-4-8-21(10-9-20)15(23)12-5-6-13(18)25-12/h5-6H,4,7-11H2,1-3H3,(H,19,24). The quantitative estimate of drug-likeness (QED) is 0.794. The van der Waals surface area contributed by atoms with E-state index in [1.54, 1.807) is 42.7 Å². The van der Waals surface area contributed by atoms with E-state index in [4.69, 9.17) is 9.15 Å². The average molecular weight is 430 g/mol. The van der Waals surface area contributed by atoms with Crippen LogP contribution in [0.15, 0.2) is 21.2 Å². The van der Waals surface area contributed by atoms with E-state index in [2.05, 4.69) is 21.2 Å². The van der Waals surface area contributed by atoms with Crippen LogP contribution in [0.2, 0.25) is 0 Å². The Kier molecular flexibility index (Phi) is 6.69. The minimum absolute atomic E-state index is 0.131. The first kappa shape index (κ1) is 20.3. The van der Waals surface area contributed by atoms with Crippen molar-refractivity contribution in [2.75, 3.05) is 32.7 Å². The van der Waals surface area contributed by atoms with E-state index in [0.29, 0.717) is 37.3 Å². The summed E-state index contributed by atoms with van der Waals surface area (Å²) in [7, 11) is 0. The molecule has 1 aromatic heterocycles. The number of hydrogen-bond donors (Lipinski definition) is 1. The van der Waals surface area contributed by atoms with E-state index < -0.39 is 11.7 Å². The van der Waals surface area contributed by atoms with Gasteiger partial charge in [-0.3, -0.25) is 9.59 Å². The molecule has 2 rings (SSSR count). The molecule has 9 heteroatoms. The molecule has 144 valence electrons. The second-order valence-electron chi connectivity index (χ2n) is 6.99. The lowest BCUT2D eigenvalue weighted by Crippen LogP contribution is -2.43. The molecule has 0 saturated carbocycles. The van der Waals surface area contributed by atoms with Gasteiger partial charge >= 0.3 is 6.09 Å². The zero-order valence-corrected chi connectivity index (χ0v) is 16.8. The van der Waals surface area contributed by atoms with Crippen molar-refractivity contribution in [3.05, 3.63) is 22.6 Å². The highest BCUT2D eigenvalue weighted by atomic mass is 79.9. The van der Waals surface area contributed by atoms with Gasteiger partial charge in [0.25, 0.3) is 5.91 Å². The first-order valence-corrected chi connectivity index (χ1v) is 9.24. The molecule has 1 aliphatic heterocycles. The fourth-order valence-corrected chi connectivity index (χ4v) is 2.84. The highest BCUT2D eigenvalue weighted by Gasteiger charge is 2.25. The predicted molar refractivity (Wildman–Crippen MR) is 97.7 cm³/mol. The highest BCUT2D eigenvalue weighted by molar-refractivity contribution is 9.10. The van der Waals surface area contributed by atoms with Crippen LogP contribution in [0.1, 0.15) is 37.7 Å². The Balaban J connectivity index is 1.83. The van der Waals surface area contributed by atoms with Crippen molar-refractivity contribution in [3.63, 3.8) is 0 Å². The van der Waals surface area contributed by atoms with Crippen molar-refractivity contribution in [3.8, 4) is 0 Å². The van der Waals surface area contributed by atoms with Crippen molar-refractivity contribution in [1.82, 2.24) is 15.1 Å². The van der Waals surface area contributed by atoms with Crippen molar-refractivity contribution in [1.29, 1.82) is 0 Å². The Labute approximate surface area is 160 Å². The van der Waals surface area contributed by atoms with Crippen LogP contribution in [-0.4, -0.2) is 66.0 Å². The fourth-order valence-electron chi connectivity index (χ4n) is 2.53. The third-order valence-corrected chi connectivity index (χ3v) is 4.13. The third kappa shape index (κ3) is 6.05. The summed E-state index contributed by atoms with van der Waals surface area (Å²) in [5.74, 6) is -0.133. The minimum atomic E-state index is -0.624. The lowest BCUT2D eigenvalue weighted by molar-refractivity contribution is -0.130. The number of nitrogens with zero attached hydrogens (tertiary/aromatic N) is 2. The molecular formula is C17H24BrN3O5. The number of carbonyl (C=O) groups is 3. The first-order valence-electron chi connectivity index (χ1n) is 8.45. The van der Waals surface area contributed by atoms with Crippen LogP contribution in [0, 0.1) is 0 Å². The second-order valence-corrected chi connectivity index (χ2v) is 7.77. The van der Waals surface area contributed by atoms with Crippen molar-refractivity contribution >= 4 is 33.8 Å². The van der Waals surface area contributed by atoms with Gasteiger partial charge in [0.2, 0.25) is 5.91 Å². The Bertz CT molecular complexity index is 668. The molecule has 0 bridgehead atoms. The smallest absolute Gasteiger partial charge is 0.408 e. The number of halogens is 1. The molecule has 8 nitrogen and oxygen atoms in total. The lowest BCUT2D eigenvalue weighted by atomic mass is 10.2. The summed E-state index contributed by atoms with van der Waals surface area (Å²) < 4.78 is 10.9. The molecule has 0 spiro atoms. The summed E-state index contributed by atoms with van der Waals surface area (Å²) in [6.07, 6.45) is 0.0343. The molecule has 0 aliphatic carbocycles. The van der Waals surface area contributed by atoms with Gasteiger partial charge in [-0.1, -0.05) is 0 Å². The van der Waals surface area contributed by atoms with Gasteiger partial charge in [-0.05, 0) is 55.3 Å². The largest absolute Gasteiger partial charge is 0.444 e. The number of amides is 3. The van der Waals surface area contributed by atoms with E-state index in [-0.39, 0.29) is 24.1 Å². The van der Waals surface area contributed by atoms with Gasteiger partial charge in [-0.15, -0.1) is 0 Å². The van der Waals surface area contributed by atoms with E-state index in [1.165, 1.54) is 0 Å². The zero-order valence-electron chi connectivity index (χ0n) is 15.2. The maximum absolute atomic E-state index is 12.4. The SMILES string of the molecule is CC(C)(C)OC(=O)NCC(=O)N1CCCN(C(=O)c2ccc(Br)o2)CC1. The van der Waals surface area contributed by atoms with Crippen LogP contribution in [0.25, 0.3) is 0 Å². The van der Waals surface area contributed by atoms with Crippen molar-refractivity contribution in [2.24, 2.45) is 0 Å². The summed E-state index contributed by atoms with van der Waals surface area (Å²) in [5, 5.41) is 2.47. The van der Waals surface area contributed by atoms with Crippen LogP contribution in [0.3, 0.4) is 0 Å². The Morgan fingerprint density at radius 2 is 1.81 bits per heavy atom. The fraction of sp³-hybridized carbons (Fsp3) is 0.588. The molecule has 3 amide bonds. The summed E-state index contributed by atoms with van der Waals surface area (Å²) in [6.45, 7) is 7.03. The normalized spacial score (nSPS) is 15.4. The number of hydrogen-bond acceptors (Lipinski definition) is 5. The molecule has 2 heterocycles. The number of carbonyl (C=O) groups excluding carboxylic acids is 3. The summed E-state index contributed by atoms with van der Waals surface area (Å²) in [5.41, 5.74) is -0.614. The Hall–Kier alpha value is -2.03. The number of rotatable bonds is 3. The number of ether oxygens (including phenoxy) is 1. The summed E-state index contributed by atoms with van der Waals surface area (Å²) >= 11 is 3.18. The molecule has 1 aromatic rings. The molecule has 0 aromatic carbocycles. The average Bonchev–Trinajstić information content (AvgIpc) is 2.82. The molecule has 0 radical (unpaired) electrons. The van der Waals surface area contributed by atoms with Gasteiger partial charge < -0.3 is 24.3 Å². The van der Waals surface area contributed by atoms with Crippen LogP contribution in [0.4, 0.5) is 4.79 Å². The van der Waals surface area contributed by atoms with Gasteiger partial charge in [-0.2, -0.15) is 0 Å². The van der Waals surface area contributed by atoms with Gasteiger partial charge in [0, 0.05) is 26.2 Å². The minimum Gasteiger partial charge on any atom is -0.444 e. The monoisotopic (exact) mass is 429 g/mol. The second kappa shape index (κ2) is 8.57. The van der Waals surface area contributed by atoms with E-state index in [9.17, 15) is 14.4 Å². The molecule has 0 atom stereocenters. The summed E-state index contributed by atoms with van der Waals surface area (Å²) in [6, 6.07) is 3.29. The molecule has 0 unspecified atom stereocenters. The van der Waals surface area contributed by atoms with Gasteiger partial charge in [0.15, 0.2) is 10.4 Å². The third-order valence-electron chi connectivity index (χ3n) is 3.70. The number of furan rings is 1. The van der Waals surface area contributed by atoms with Crippen molar-refractivity contribution in [2.45, 2.75) is 32.8 Å².